The molecule has 0 amide bonds. The Kier molecular flexibility index (Phi) is 8.81. The molecule has 1 heterocycles. The van der Waals surface area contributed by atoms with E-state index in [-0.39, 0.29) is 23.6 Å². The highest BCUT2D eigenvalue weighted by atomic mass is 19.3. The predicted octanol–water partition coefficient (Wildman–Crippen LogP) is 7.18. The fourth-order valence-electron chi connectivity index (χ4n) is 3.74. The van der Waals surface area contributed by atoms with Crippen molar-refractivity contribution >= 4 is 0 Å². The first-order chi connectivity index (χ1) is 16.1. The Hall–Kier alpha value is -2.33. The van der Waals surface area contributed by atoms with E-state index in [4.69, 9.17) is 9.47 Å². The summed E-state index contributed by atoms with van der Waals surface area (Å²) in [6.45, 7) is 3.69. The van der Waals surface area contributed by atoms with Gasteiger partial charge in [0.1, 0.15) is 22.9 Å². The fourth-order valence-corrected chi connectivity index (χ4v) is 3.74. The molecular weight excluding hydrogens is 469 g/mol. The highest BCUT2D eigenvalue weighted by Gasteiger charge is 2.42. The Balaban J connectivity index is 1.66. The minimum absolute atomic E-state index is 0.0473. The zero-order chi connectivity index (χ0) is 24.9. The molecule has 2 aromatic rings. The Morgan fingerprint density at radius 3 is 2.12 bits per heavy atom. The molecule has 2 aromatic carbocycles. The van der Waals surface area contributed by atoms with Crippen LogP contribution in [-0.4, -0.2) is 19.8 Å². The highest BCUT2D eigenvalue weighted by molar-refractivity contribution is 5.32. The Bertz CT molecular complexity index is 929. The molecule has 0 spiro atoms. The summed E-state index contributed by atoms with van der Waals surface area (Å²) in [7, 11) is 0. The minimum Gasteiger partial charge on any atom is -0.429 e. The van der Waals surface area contributed by atoms with Gasteiger partial charge in [-0.15, -0.1) is 0 Å². The van der Waals surface area contributed by atoms with Crippen LogP contribution in [0, 0.1) is 35.0 Å². The van der Waals surface area contributed by atoms with E-state index in [1.54, 1.807) is 0 Å². The summed E-state index contributed by atoms with van der Waals surface area (Å²) in [6.07, 6.45) is -1.33. The van der Waals surface area contributed by atoms with Gasteiger partial charge in [-0.05, 0) is 49.3 Å². The van der Waals surface area contributed by atoms with Crippen molar-refractivity contribution < 1.29 is 44.9 Å². The molecule has 0 bridgehead atoms. The van der Waals surface area contributed by atoms with Crippen molar-refractivity contribution in [3.8, 4) is 5.75 Å². The molecule has 3 rings (SSSR count). The Morgan fingerprint density at radius 2 is 1.56 bits per heavy atom. The number of hydrogen-bond acceptors (Lipinski definition) is 3. The monoisotopic (exact) mass is 494 g/mol. The number of rotatable bonds is 10. The third kappa shape index (κ3) is 6.41. The van der Waals surface area contributed by atoms with E-state index in [0.717, 1.165) is 31.4 Å². The molecule has 3 nitrogen and oxygen atoms in total. The van der Waals surface area contributed by atoms with Crippen LogP contribution in [0.4, 0.5) is 30.7 Å². The minimum atomic E-state index is -4.63. The normalized spacial score (nSPS) is 18.8. The van der Waals surface area contributed by atoms with E-state index in [1.165, 1.54) is 0 Å². The summed E-state index contributed by atoms with van der Waals surface area (Å²) in [5, 5.41) is 0. The molecule has 188 valence electrons. The lowest BCUT2D eigenvalue weighted by atomic mass is 9.92. The van der Waals surface area contributed by atoms with E-state index in [2.05, 4.69) is 11.7 Å². The molecule has 0 radical (unpaired) electrons. The first kappa shape index (κ1) is 26.3. The van der Waals surface area contributed by atoms with Crippen molar-refractivity contribution in [2.75, 3.05) is 19.8 Å². The molecule has 2 unspecified atom stereocenters. The van der Waals surface area contributed by atoms with Crippen molar-refractivity contribution in [1.29, 1.82) is 0 Å². The van der Waals surface area contributed by atoms with Crippen LogP contribution in [0.25, 0.3) is 0 Å². The van der Waals surface area contributed by atoms with E-state index in [1.807, 2.05) is 0 Å². The molecule has 10 heteroatoms. The standard InChI is InChI=1S/C24H25F7O3/c1-2-3-7-32-8-6-14-4-5-21(33-13-14)15-9-17(25)22(18(26)10-15)24(30,31)34-16-11-19(27)23(29)20(28)12-16/h9-12,14,21H,2-8,13H2,1H3. The molecule has 1 saturated heterocycles. The third-order valence-corrected chi connectivity index (χ3v) is 5.61. The van der Waals surface area contributed by atoms with Gasteiger partial charge in [0, 0.05) is 25.3 Å². The first-order valence-electron chi connectivity index (χ1n) is 11.0. The van der Waals surface area contributed by atoms with Gasteiger partial charge in [0.25, 0.3) is 0 Å². The summed E-state index contributed by atoms with van der Waals surface area (Å²) in [5.41, 5.74) is -1.69. The summed E-state index contributed by atoms with van der Waals surface area (Å²) >= 11 is 0. The molecule has 0 N–H and O–H groups in total. The summed E-state index contributed by atoms with van der Waals surface area (Å²) in [4.78, 5) is 0. The number of alkyl halides is 2. The molecule has 1 fully saturated rings. The second-order valence-electron chi connectivity index (χ2n) is 8.20. The van der Waals surface area contributed by atoms with Gasteiger partial charge < -0.3 is 14.2 Å². The van der Waals surface area contributed by atoms with Crippen LogP contribution >= 0.6 is 0 Å². The van der Waals surface area contributed by atoms with Crippen molar-refractivity contribution in [2.24, 2.45) is 5.92 Å². The van der Waals surface area contributed by atoms with Gasteiger partial charge in [0.05, 0.1) is 12.7 Å². The SMILES string of the molecule is CCCCOCCC1CCC(c2cc(F)c(C(F)(F)Oc3cc(F)c(F)c(F)c3)c(F)c2)OC1. The largest absolute Gasteiger partial charge is 0.432 e. The average Bonchev–Trinajstić information content (AvgIpc) is 2.76. The maximum absolute atomic E-state index is 14.6. The van der Waals surface area contributed by atoms with Gasteiger partial charge in [-0.1, -0.05) is 13.3 Å². The smallest absolute Gasteiger partial charge is 0.429 e. The zero-order valence-corrected chi connectivity index (χ0v) is 18.5. The molecule has 0 aromatic heterocycles. The van der Waals surface area contributed by atoms with Crippen LogP contribution in [0.1, 0.15) is 56.3 Å². The van der Waals surface area contributed by atoms with Gasteiger partial charge in [0.2, 0.25) is 0 Å². The van der Waals surface area contributed by atoms with E-state index >= 15 is 0 Å². The van der Waals surface area contributed by atoms with E-state index in [9.17, 15) is 30.7 Å². The second-order valence-corrected chi connectivity index (χ2v) is 8.20. The Morgan fingerprint density at radius 1 is 0.912 bits per heavy atom. The zero-order valence-electron chi connectivity index (χ0n) is 18.5. The van der Waals surface area contributed by atoms with Crippen molar-refractivity contribution in [1.82, 2.24) is 0 Å². The van der Waals surface area contributed by atoms with Crippen LogP contribution in [0.5, 0.6) is 5.75 Å². The maximum atomic E-state index is 14.6. The Labute approximate surface area is 192 Å². The van der Waals surface area contributed by atoms with Crippen LogP contribution in [0.2, 0.25) is 0 Å². The van der Waals surface area contributed by atoms with Gasteiger partial charge in [-0.3, -0.25) is 0 Å². The van der Waals surface area contributed by atoms with Gasteiger partial charge in [-0.25, -0.2) is 22.0 Å². The van der Waals surface area contributed by atoms with E-state index < -0.39 is 52.6 Å². The summed E-state index contributed by atoms with van der Waals surface area (Å²) < 4.78 is 113. The fraction of sp³-hybridized carbons (Fsp3) is 0.500. The van der Waals surface area contributed by atoms with Gasteiger partial charge >= 0.3 is 6.11 Å². The third-order valence-electron chi connectivity index (χ3n) is 5.61. The number of ether oxygens (including phenoxy) is 3. The number of halogens is 7. The number of hydrogen-bond donors (Lipinski definition) is 0. The molecule has 0 aliphatic carbocycles. The van der Waals surface area contributed by atoms with Crippen LogP contribution in [-0.2, 0) is 15.6 Å². The first-order valence-corrected chi connectivity index (χ1v) is 11.0. The molecular formula is C24H25F7O3. The molecule has 1 aliphatic rings. The maximum Gasteiger partial charge on any atom is 0.432 e. The van der Waals surface area contributed by atoms with E-state index in [0.29, 0.717) is 32.7 Å². The quantitative estimate of drug-likeness (QED) is 0.199. The topological polar surface area (TPSA) is 27.7 Å². The highest BCUT2D eigenvalue weighted by Crippen LogP contribution is 2.39. The van der Waals surface area contributed by atoms with Crippen LogP contribution in [0.15, 0.2) is 24.3 Å². The van der Waals surface area contributed by atoms with Crippen LogP contribution < -0.4 is 4.74 Å². The summed E-state index contributed by atoms with van der Waals surface area (Å²) in [6, 6.07) is 1.75. The van der Waals surface area contributed by atoms with Crippen molar-refractivity contribution in [3.63, 3.8) is 0 Å². The second kappa shape index (κ2) is 11.4. The molecule has 34 heavy (non-hydrogen) atoms. The van der Waals surface area contributed by atoms with Gasteiger partial charge in [-0.2, -0.15) is 8.78 Å². The lowest BCUT2D eigenvalue weighted by Gasteiger charge is -2.30. The van der Waals surface area contributed by atoms with Gasteiger partial charge in [0.15, 0.2) is 17.5 Å². The summed E-state index contributed by atoms with van der Waals surface area (Å²) in [5.74, 6) is -9.61. The molecule has 0 saturated carbocycles. The predicted molar refractivity (Wildman–Crippen MR) is 109 cm³/mol. The number of unbranched alkanes of at least 4 members (excludes halogenated alkanes) is 1. The lowest BCUT2D eigenvalue weighted by molar-refractivity contribution is -0.189. The lowest BCUT2D eigenvalue weighted by Crippen LogP contribution is -2.26. The number of benzene rings is 2. The van der Waals surface area contributed by atoms with Crippen molar-refractivity contribution in [2.45, 2.75) is 51.2 Å². The average molecular weight is 494 g/mol. The molecule has 1 aliphatic heterocycles. The van der Waals surface area contributed by atoms with Crippen LogP contribution in [0.3, 0.4) is 0 Å². The molecule has 2 atom stereocenters. The van der Waals surface area contributed by atoms with Crippen molar-refractivity contribution in [3.05, 3.63) is 64.5 Å².